The number of aromatic carboxylic acids is 1. The number of benzene rings is 1. The quantitative estimate of drug-likeness (QED) is 0.595. The standard InChI is InChI=1S/C14H9BrClN3O3S/c1-5-9(15)10(16)11(17-5)12(20)19-14-18-7-3-2-6(13(21)22)4-8(7)23-14/h2-4,17H,1H3,(H,21,22)(H,18,19,20). The zero-order valence-corrected chi connectivity index (χ0v) is 14.8. The summed E-state index contributed by atoms with van der Waals surface area (Å²) >= 11 is 10.6. The summed E-state index contributed by atoms with van der Waals surface area (Å²) in [6.45, 7) is 1.79. The molecular formula is C14H9BrClN3O3S. The van der Waals surface area contributed by atoms with Crippen LogP contribution in [0, 0.1) is 6.92 Å². The molecule has 0 saturated heterocycles. The molecule has 0 unspecified atom stereocenters. The zero-order chi connectivity index (χ0) is 16.7. The lowest BCUT2D eigenvalue weighted by molar-refractivity contribution is 0.0697. The van der Waals surface area contributed by atoms with Crippen LogP contribution in [-0.2, 0) is 0 Å². The van der Waals surface area contributed by atoms with Gasteiger partial charge in [0.25, 0.3) is 5.91 Å². The molecule has 0 atom stereocenters. The molecule has 0 spiro atoms. The lowest BCUT2D eigenvalue weighted by atomic mass is 10.2. The molecule has 0 fully saturated rings. The Morgan fingerprint density at radius 1 is 1.43 bits per heavy atom. The van der Waals surface area contributed by atoms with Crippen molar-refractivity contribution < 1.29 is 14.7 Å². The van der Waals surface area contributed by atoms with Gasteiger partial charge in [0.1, 0.15) is 5.69 Å². The number of aryl methyl sites for hydroxylation is 1. The molecule has 3 N–H and O–H groups in total. The number of amides is 1. The SMILES string of the molecule is Cc1[nH]c(C(=O)Nc2nc3ccc(C(=O)O)cc3s2)c(Cl)c1Br. The van der Waals surface area contributed by atoms with E-state index < -0.39 is 11.9 Å². The third-order valence-electron chi connectivity index (χ3n) is 3.14. The second kappa shape index (κ2) is 5.95. The van der Waals surface area contributed by atoms with E-state index in [4.69, 9.17) is 16.7 Å². The molecule has 3 rings (SSSR count). The monoisotopic (exact) mass is 413 g/mol. The number of H-pyrrole nitrogens is 1. The summed E-state index contributed by atoms with van der Waals surface area (Å²) in [5.41, 5.74) is 1.77. The summed E-state index contributed by atoms with van der Waals surface area (Å²) in [7, 11) is 0. The maximum absolute atomic E-state index is 12.3. The number of hydrogen-bond acceptors (Lipinski definition) is 4. The number of hydrogen-bond donors (Lipinski definition) is 3. The molecule has 2 heterocycles. The number of halogens is 2. The largest absolute Gasteiger partial charge is 0.478 e. The maximum atomic E-state index is 12.3. The van der Waals surface area contributed by atoms with Gasteiger partial charge in [-0.15, -0.1) is 0 Å². The van der Waals surface area contributed by atoms with Crippen molar-refractivity contribution in [3.05, 3.63) is 44.6 Å². The van der Waals surface area contributed by atoms with Crippen molar-refractivity contribution in [1.29, 1.82) is 0 Å². The first-order valence-corrected chi connectivity index (χ1v) is 8.34. The van der Waals surface area contributed by atoms with E-state index in [-0.39, 0.29) is 11.3 Å². The Balaban J connectivity index is 1.90. The van der Waals surface area contributed by atoms with Gasteiger partial charge in [-0.25, -0.2) is 9.78 Å². The molecule has 118 valence electrons. The van der Waals surface area contributed by atoms with Gasteiger partial charge in [0, 0.05) is 5.69 Å². The third-order valence-corrected chi connectivity index (χ3v) is 5.67. The van der Waals surface area contributed by atoms with E-state index in [0.717, 1.165) is 5.69 Å². The fourth-order valence-electron chi connectivity index (χ4n) is 2.00. The van der Waals surface area contributed by atoms with Crippen LogP contribution in [0.4, 0.5) is 5.13 Å². The molecule has 3 aromatic rings. The molecule has 1 aromatic carbocycles. The van der Waals surface area contributed by atoms with Crippen LogP contribution in [0.25, 0.3) is 10.2 Å². The predicted octanol–water partition coefficient (Wildman–Crippen LogP) is 4.30. The second-order valence-corrected chi connectivity index (χ2v) is 6.92. The first-order chi connectivity index (χ1) is 10.9. The van der Waals surface area contributed by atoms with E-state index in [0.29, 0.717) is 24.8 Å². The molecule has 0 aliphatic heterocycles. The third kappa shape index (κ3) is 2.97. The van der Waals surface area contributed by atoms with Crippen molar-refractivity contribution in [2.75, 3.05) is 5.32 Å². The number of carbonyl (C=O) groups is 2. The van der Waals surface area contributed by atoms with Crippen molar-refractivity contribution in [2.45, 2.75) is 6.92 Å². The Morgan fingerprint density at radius 2 is 2.17 bits per heavy atom. The predicted molar refractivity (Wildman–Crippen MR) is 92.8 cm³/mol. The molecule has 0 aliphatic rings. The van der Waals surface area contributed by atoms with Crippen LogP contribution in [0.5, 0.6) is 0 Å². The van der Waals surface area contributed by atoms with E-state index in [1.54, 1.807) is 13.0 Å². The van der Waals surface area contributed by atoms with Gasteiger partial charge in [-0.2, -0.15) is 0 Å². The van der Waals surface area contributed by atoms with E-state index in [1.807, 2.05) is 0 Å². The highest BCUT2D eigenvalue weighted by Crippen LogP contribution is 2.31. The van der Waals surface area contributed by atoms with Crippen LogP contribution in [0.1, 0.15) is 26.5 Å². The van der Waals surface area contributed by atoms with Gasteiger partial charge in [0.05, 0.1) is 25.3 Å². The number of carboxylic acid groups (broad SMARTS) is 1. The average molecular weight is 415 g/mol. The Morgan fingerprint density at radius 3 is 2.78 bits per heavy atom. The first kappa shape index (κ1) is 16.0. The molecule has 23 heavy (non-hydrogen) atoms. The number of aromatic nitrogens is 2. The highest BCUT2D eigenvalue weighted by Gasteiger charge is 2.19. The van der Waals surface area contributed by atoms with Crippen LogP contribution in [-0.4, -0.2) is 27.0 Å². The number of aromatic amines is 1. The first-order valence-electron chi connectivity index (χ1n) is 6.35. The van der Waals surface area contributed by atoms with E-state index >= 15 is 0 Å². The number of nitrogens with one attached hydrogen (secondary N) is 2. The van der Waals surface area contributed by atoms with Crippen LogP contribution >= 0.6 is 38.9 Å². The molecule has 2 aromatic heterocycles. The van der Waals surface area contributed by atoms with Gasteiger partial charge in [0.15, 0.2) is 5.13 Å². The fraction of sp³-hybridized carbons (Fsp3) is 0.0714. The summed E-state index contributed by atoms with van der Waals surface area (Å²) in [6, 6.07) is 4.60. The highest BCUT2D eigenvalue weighted by atomic mass is 79.9. The smallest absolute Gasteiger partial charge is 0.335 e. The topological polar surface area (TPSA) is 95.1 Å². The normalized spacial score (nSPS) is 10.9. The summed E-state index contributed by atoms with van der Waals surface area (Å²) in [4.78, 5) is 30.4. The maximum Gasteiger partial charge on any atom is 0.335 e. The van der Waals surface area contributed by atoms with Crippen molar-refractivity contribution in [3.63, 3.8) is 0 Å². The Labute approximate surface area is 147 Å². The number of carbonyl (C=O) groups excluding carboxylic acids is 1. The van der Waals surface area contributed by atoms with E-state index in [9.17, 15) is 9.59 Å². The van der Waals surface area contributed by atoms with Crippen molar-refractivity contribution in [2.24, 2.45) is 0 Å². The van der Waals surface area contributed by atoms with Gasteiger partial charge in [-0.3, -0.25) is 10.1 Å². The molecule has 0 bridgehead atoms. The van der Waals surface area contributed by atoms with Gasteiger partial charge in [-0.05, 0) is 41.1 Å². The molecule has 0 radical (unpaired) electrons. The lowest BCUT2D eigenvalue weighted by Crippen LogP contribution is -2.12. The average Bonchev–Trinajstić information content (AvgIpc) is 3.01. The number of carboxylic acids is 1. The number of fused-ring (bicyclic) bond motifs is 1. The van der Waals surface area contributed by atoms with Gasteiger partial charge in [0.2, 0.25) is 0 Å². The lowest BCUT2D eigenvalue weighted by Gasteiger charge is -1.99. The minimum atomic E-state index is -1.01. The number of anilines is 1. The number of thiazole rings is 1. The summed E-state index contributed by atoms with van der Waals surface area (Å²) < 4.78 is 1.31. The molecule has 6 nitrogen and oxygen atoms in total. The summed E-state index contributed by atoms with van der Waals surface area (Å²) in [6.07, 6.45) is 0. The highest BCUT2D eigenvalue weighted by molar-refractivity contribution is 9.10. The summed E-state index contributed by atoms with van der Waals surface area (Å²) in [5.74, 6) is -1.43. The second-order valence-electron chi connectivity index (χ2n) is 4.71. The van der Waals surface area contributed by atoms with Crippen LogP contribution in [0.2, 0.25) is 5.02 Å². The van der Waals surface area contributed by atoms with Crippen molar-refractivity contribution >= 4 is 66.1 Å². The van der Waals surface area contributed by atoms with Gasteiger partial charge >= 0.3 is 5.97 Å². The minimum absolute atomic E-state index is 0.172. The number of rotatable bonds is 3. The van der Waals surface area contributed by atoms with Crippen molar-refractivity contribution in [3.8, 4) is 0 Å². The summed E-state index contributed by atoms with van der Waals surface area (Å²) in [5, 5.41) is 12.3. The number of nitrogens with zero attached hydrogens (tertiary/aromatic N) is 1. The van der Waals surface area contributed by atoms with Crippen LogP contribution < -0.4 is 5.32 Å². The Hall–Kier alpha value is -1.90. The fourth-order valence-corrected chi connectivity index (χ4v) is 3.47. The Kier molecular flexibility index (Phi) is 4.13. The van der Waals surface area contributed by atoms with Crippen LogP contribution in [0.15, 0.2) is 22.7 Å². The minimum Gasteiger partial charge on any atom is -0.478 e. The Bertz CT molecular complexity index is 950. The van der Waals surface area contributed by atoms with Gasteiger partial charge < -0.3 is 10.1 Å². The van der Waals surface area contributed by atoms with Crippen molar-refractivity contribution in [1.82, 2.24) is 9.97 Å². The molecule has 0 saturated carbocycles. The molecule has 9 heteroatoms. The van der Waals surface area contributed by atoms with Gasteiger partial charge in [-0.1, -0.05) is 22.9 Å². The van der Waals surface area contributed by atoms with Crippen LogP contribution in [0.3, 0.4) is 0 Å². The molecule has 1 amide bonds. The zero-order valence-electron chi connectivity index (χ0n) is 11.6. The van der Waals surface area contributed by atoms with E-state index in [2.05, 4.69) is 31.2 Å². The van der Waals surface area contributed by atoms with E-state index in [1.165, 1.54) is 23.5 Å². The molecular weight excluding hydrogens is 406 g/mol. The molecule has 0 aliphatic carbocycles.